The van der Waals surface area contributed by atoms with Crippen molar-refractivity contribution in [3.05, 3.63) is 30.1 Å². The van der Waals surface area contributed by atoms with Crippen LogP contribution < -0.4 is 5.19 Å². The third-order valence-electron chi connectivity index (χ3n) is 2.00. The summed E-state index contributed by atoms with van der Waals surface area (Å²) in [7, 11) is -3.44. The van der Waals surface area contributed by atoms with E-state index in [1.807, 2.05) is 27.7 Å². The third kappa shape index (κ3) is 4.20. The van der Waals surface area contributed by atoms with Crippen LogP contribution in [-0.2, 0) is 8.85 Å². The summed E-state index contributed by atoms with van der Waals surface area (Å²) in [6, 6.07) is 5.60. The van der Waals surface area contributed by atoms with Crippen molar-refractivity contribution in [3.8, 4) is 0 Å². The molecule has 3 nitrogen and oxygen atoms in total. The van der Waals surface area contributed by atoms with Crippen molar-refractivity contribution in [2.24, 2.45) is 0 Å². The fourth-order valence-corrected chi connectivity index (χ4v) is 3.66. The topological polar surface area (TPSA) is 38.7 Å². The van der Waals surface area contributed by atoms with E-state index in [1.54, 1.807) is 0 Å². The van der Waals surface area contributed by atoms with E-state index in [4.69, 9.17) is 8.85 Å². The molecule has 0 radical (unpaired) electrons. The van der Waals surface area contributed by atoms with Gasteiger partial charge in [0.15, 0.2) is 0 Å². The van der Waals surface area contributed by atoms with Crippen molar-refractivity contribution in [2.45, 2.75) is 39.9 Å². The summed E-state index contributed by atoms with van der Waals surface area (Å²) in [5.41, 5.74) is 0. The molecule has 0 atom stereocenters. The second-order valence-corrected chi connectivity index (χ2v) is 6.63. The summed E-state index contributed by atoms with van der Waals surface area (Å²) in [5.74, 6) is -0.348. The molecule has 0 unspecified atom stereocenters. The number of hydrogen-bond acceptors (Lipinski definition) is 3. The Labute approximate surface area is 103 Å². The van der Waals surface area contributed by atoms with Crippen molar-refractivity contribution >= 4 is 14.0 Å². The lowest BCUT2D eigenvalue weighted by Gasteiger charge is -2.28. The van der Waals surface area contributed by atoms with Gasteiger partial charge < -0.3 is 13.6 Å². The minimum Gasteiger partial charge on any atom is -0.386 e. The average molecular weight is 258 g/mol. The van der Waals surface area contributed by atoms with Gasteiger partial charge in [0.05, 0.1) is 0 Å². The highest BCUT2D eigenvalue weighted by Gasteiger charge is 2.41. The van der Waals surface area contributed by atoms with Gasteiger partial charge in [-0.3, -0.25) is 0 Å². The second kappa shape index (κ2) is 5.73. The normalized spacial score (nSPS) is 12.5. The standard InChI is InChI=1S/C12H19FO3Si/c1-9(2)15-17(14,16-10(3)4)12-7-5-11(13)6-8-12/h5-10,14H,1-4H3. The molecule has 0 aliphatic carbocycles. The van der Waals surface area contributed by atoms with Crippen LogP contribution in [0.5, 0.6) is 0 Å². The fraction of sp³-hybridized carbons (Fsp3) is 0.500. The highest BCUT2D eigenvalue weighted by molar-refractivity contribution is 6.74. The van der Waals surface area contributed by atoms with Crippen molar-refractivity contribution in [1.82, 2.24) is 0 Å². The highest BCUT2D eigenvalue weighted by atomic mass is 28.4. The fourth-order valence-electron chi connectivity index (χ4n) is 1.46. The molecule has 0 bridgehead atoms. The lowest BCUT2D eigenvalue weighted by atomic mass is 10.3. The van der Waals surface area contributed by atoms with E-state index in [0.717, 1.165) is 0 Å². The van der Waals surface area contributed by atoms with Gasteiger partial charge in [0.25, 0.3) is 0 Å². The maximum absolute atomic E-state index is 12.9. The van der Waals surface area contributed by atoms with E-state index in [1.165, 1.54) is 24.3 Å². The van der Waals surface area contributed by atoms with E-state index >= 15 is 0 Å². The van der Waals surface area contributed by atoms with Gasteiger partial charge in [0.1, 0.15) is 5.82 Å². The summed E-state index contributed by atoms with van der Waals surface area (Å²) in [4.78, 5) is 10.5. The summed E-state index contributed by atoms with van der Waals surface area (Å²) >= 11 is 0. The van der Waals surface area contributed by atoms with Gasteiger partial charge in [-0.25, -0.2) is 4.39 Å². The molecular formula is C12H19FO3Si. The molecule has 17 heavy (non-hydrogen) atoms. The van der Waals surface area contributed by atoms with Crippen LogP contribution in [-0.4, -0.2) is 25.8 Å². The largest absolute Gasteiger partial charge is 0.534 e. The Balaban J connectivity index is 3.00. The van der Waals surface area contributed by atoms with Crippen molar-refractivity contribution in [2.75, 3.05) is 0 Å². The summed E-state index contributed by atoms with van der Waals surface area (Å²) < 4.78 is 23.9. The summed E-state index contributed by atoms with van der Waals surface area (Å²) in [6.45, 7) is 7.30. The molecule has 0 heterocycles. The molecule has 0 amide bonds. The van der Waals surface area contributed by atoms with Crippen LogP contribution in [0.15, 0.2) is 24.3 Å². The Morgan fingerprint density at radius 1 is 1.00 bits per heavy atom. The SMILES string of the molecule is CC(C)O[Si](O)(OC(C)C)c1ccc(F)cc1. The van der Waals surface area contributed by atoms with Crippen molar-refractivity contribution in [3.63, 3.8) is 0 Å². The van der Waals surface area contributed by atoms with E-state index in [-0.39, 0.29) is 18.0 Å². The maximum Gasteiger partial charge on any atom is 0.534 e. The van der Waals surface area contributed by atoms with Crippen LogP contribution >= 0.6 is 0 Å². The van der Waals surface area contributed by atoms with E-state index < -0.39 is 8.80 Å². The van der Waals surface area contributed by atoms with E-state index in [9.17, 15) is 9.19 Å². The monoisotopic (exact) mass is 258 g/mol. The number of halogens is 1. The van der Waals surface area contributed by atoms with Gasteiger partial charge in [-0.2, -0.15) is 0 Å². The Morgan fingerprint density at radius 3 is 1.76 bits per heavy atom. The molecule has 0 aliphatic rings. The molecule has 0 aromatic heterocycles. The third-order valence-corrected chi connectivity index (χ3v) is 4.64. The van der Waals surface area contributed by atoms with Crippen LogP contribution in [0.2, 0.25) is 0 Å². The first kappa shape index (κ1) is 14.3. The minimum atomic E-state index is -3.44. The zero-order valence-corrected chi connectivity index (χ0v) is 11.6. The van der Waals surface area contributed by atoms with Gasteiger partial charge in [0.2, 0.25) is 0 Å². The van der Waals surface area contributed by atoms with Gasteiger partial charge in [0, 0.05) is 17.4 Å². The first-order valence-electron chi connectivity index (χ1n) is 5.67. The molecule has 0 spiro atoms. The Kier molecular flexibility index (Phi) is 4.82. The summed E-state index contributed by atoms with van der Waals surface area (Å²) in [6.07, 6.45) is -0.314. The second-order valence-electron chi connectivity index (χ2n) is 4.42. The van der Waals surface area contributed by atoms with Gasteiger partial charge in [-0.15, -0.1) is 0 Å². The highest BCUT2D eigenvalue weighted by Crippen LogP contribution is 2.11. The Morgan fingerprint density at radius 2 is 1.41 bits per heavy atom. The number of hydrogen-bond donors (Lipinski definition) is 1. The van der Waals surface area contributed by atoms with Crippen LogP contribution in [0, 0.1) is 5.82 Å². The van der Waals surface area contributed by atoms with Crippen LogP contribution in [0.4, 0.5) is 4.39 Å². The average Bonchev–Trinajstić information content (AvgIpc) is 2.15. The molecule has 1 aromatic carbocycles. The number of rotatable bonds is 5. The maximum atomic E-state index is 12.9. The molecule has 96 valence electrons. The number of benzene rings is 1. The molecule has 0 aliphatic heterocycles. The Bertz CT molecular complexity index is 341. The first-order valence-corrected chi connectivity index (χ1v) is 7.44. The smallest absolute Gasteiger partial charge is 0.386 e. The predicted octanol–water partition coefficient (Wildman–Crippen LogP) is 1.81. The van der Waals surface area contributed by atoms with Crippen molar-refractivity contribution < 1.29 is 18.0 Å². The van der Waals surface area contributed by atoms with Crippen LogP contribution in [0.25, 0.3) is 0 Å². The zero-order chi connectivity index (χ0) is 13.1. The molecule has 0 saturated carbocycles. The molecule has 0 fully saturated rings. The van der Waals surface area contributed by atoms with E-state index in [0.29, 0.717) is 5.19 Å². The molecule has 1 rings (SSSR count). The van der Waals surface area contributed by atoms with Gasteiger partial charge in [-0.1, -0.05) is 12.1 Å². The van der Waals surface area contributed by atoms with Crippen LogP contribution in [0.1, 0.15) is 27.7 Å². The lowest BCUT2D eigenvalue weighted by molar-refractivity contribution is 0.0605. The quantitative estimate of drug-likeness (QED) is 0.819. The molecule has 5 heteroatoms. The van der Waals surface area contributed by atoms with E-state index in [2.05, 4.69) is 0 Å². The van der Waals surface area contributed by atoms with Gasteiger partial charge >= 0.3 is 8.80 Å². The van der Waals surface area contributed by atoms with Gasteiger partial charge in [-0.05, 0) is 39.8 Å². The molecule has 1 aromatic rings. The first-order chi connectivity index (χ1) is 7.83. The predicted molar refractivity (Wildman–Crippen MR) is 66.4 cm³/mol. The zero-order valence-electron chi connectivity index (χ0n) is 10.6. The minimum absolute atomic E-state index is 0.157. The Hall–Kier alpha value is -0.753. The van der Waals surface area contributed by atoms with Crippen LogP contribution in [0.3, 0.4) is 0 Å². The van der Waals surface area contributed by atoms with Crippen molar-refractivity contribution in [1.29, 1.82) is 0 Å². The molecular weight excluding hydrogens is 239 g/mol. The molecule has 0 saturated heterocycles. The molecule has 1 N–H and O–H groups in total. The summed E-state index contributed by atoms with van der Waals surface area (Å²) in [5, 5.41) is 0.515. The lowest BCUT2D eigenvalue weighted by Crippen LogP contribution is -2.56.